The number of nitrogens with one attached hydrogen (secondary N) is 1. The maximum absolute atomic E-state index is 13.2. The van der Waals surface area contributed by atoms with Crippen molar-refractivity contribution in [2.45, 2.75) is 77.8 Å². The van der Waals surface area contributed by atoms with Crippen LogP contribution in [0.5, 0.6) is 0 Å². The maximum Gasteiger partial charge on any atom is 0.263 e. The Kier molecular flexibility index (Phi) is 7.07. The predicted octanol–water partition coefficient (Wildman–Crippen LogP) is 4.80. The van der Waals surface area contributed by atoms with E-state index in [0.717, 1.165) is 49.8 Å². The summed E-state index contributed by atoms with van der Waals surface area (Å²) in [6, 6.07) is 11.6. The van der Waals surface area contributed by atoms with Gasteiger partial charge in [0.1, 0.15) is 5.56 Å². The van der Waals surface area contributed by atoms with Crippen LogP contribution in [-0.2, 0) is 19.4 Å². The van der Waals surface area contributed by atoms with Crippen molar-refractivity contribution in [3.8, 4) is 0 Å². The number of carbonyl (C=O) groups excluding carboxylic acids is 1. The normalized spacial score (nSPS) is 15.2. The van der Waals surface area contributed by atoms with Crippen LogP contribution in [0.2, 0.25) is 0 Å². The van der Waals surface area contributed by atoms with Crippen LogP contribution in [0.15, 0.2) is 41.2 Å². The molecule has 1 aromatic heterocycles. The summed E-state index contributed by atoms with van der Waals surface area (Å²) in [5, 5.41) is 3.02. The van der Waals surface area contributed by atoms with E-state index in [1.165, 1.54) is 18.4 Å². The van der Waals surface area contributed by atoms with Gasteiger partial charge in [-0.3, -0.25) is 9.59 Å². The number of carbonyl (C=O) groups is 1. The molecule has 0 aliphatic heterocycles. The van der Waals surface area contributed by atoms with Crippen LogP contribution in [0.25, 0.3) is 0 Å². The van der Waals surface area contributed by atoms with E-state index < -0.39 is 0 Å². The predicted molar refractivity (Wildman–Crippen MR) is 114 cm³/mol. The molecule has 1 aliphatic rings. The maximum atomic E-state index is 13.2. The smallest absolute Gasteiger partial charge is 0.263 e. The molecule has 0 saturated heterocycles. The molecule has 1 heterocycles. The highest BCUT2D eigenvalue weighted by Crippen LogP contribution is 2.21. The van der Waals surface area contributed by atoms with Gasteiger partial charge in [0.05, 0.1) is 6.04 Å². The average molecular weight is 381 g/mol. The number of aromatic nitrogens is 1. The minimum absolute atomic E-state index is 0.134. The standard InChI is InChI=1S/C24H32N2O2/c1-3-4-16-26-22-15-11-6-5-8-14-20(22)17-21(24(26)28)23(27)25-18(2)19-12-9-7-10-13-19/h7,9-10,12-13,17-18H,3-6,8,11,14-16H2,1-2H3,(H,25,27)/t18-/m1/s1. The topological polar surface area (TPSA) is 51.1 Å². The van der Waals surface area contributed by atoms with Gasteiger partial charge in [-0.05, 0) is 56.2 Å². The van der Waals surface area contributed by atoms with Gasteiger partial charge in [0.25, 0.3) is 11.5 Å². The number of nitrogens with zero attached hydrogens (tertiary/aromatic N) is 1. The Morgan fingerprint density at radius 1 is 1.11 bits per heavy atom. The van der Waals surface area contributed by atoms with Crippen molar-refractivity contribution in [1.82, 2.24) is 9.88 Å². The zero-order chi connectivity index (χ0) is 19.9. The van der Waals surface area contributed by atoms with Gasteiger partial charge < -0.3 is 9.88 Å². The lowest BCUT2D eigenvalue weighted by Crippen LogP contribution is -2.36. The van der Waals surface area contributed by atoms with Gasteiger partial charge in [0.2, 0.25) is 0 Å². The van der Waals surface area contributed by atoms with Crippen molar-refractivity contribution >= 4 is 5.91 Å². The second-order valence-electron chi connectivity index (χ2n) is 7.86. The molecule has 150 valence electrons. The Bertz CT molecular complexity index is 855. The fourth-order valence-corrected chi connectivity index (χ4v) is 4.05. The largest absolute Gasteiger partial charge is 0.345 e. The van der Waals surface area contributed by atoms with E-state index in [9.17, 15) is 9.59 Å². The molecule has 1 aliphatic carbocycles. The van der Waals surface area contributed by atoms with Crippen LogP contribution in [0.4, 0.5) is 0 Å². The molecule has 0 bridgehead atoms. The van der Waals surface area contributed by atoms with Crippen molar-refractivity contribution in [2.75, 3.05) is 0 Å². The van der Waals surface area contributed by atoms with Crippen molar-refractivity contribution in [1.29, 1.82) is 0 Å². The third kappa shape index (κ3) is 4.73. The number of fused-ring (bicyclic) bond motifs is 1. The molecule has 0 radical (unpaired) electrons. The highest BCUT2D eigenvalue weighted by Gasteiger charge is 2.21. The monoisotopic (exact) mass is 380 g/mol. The Labute approximate surface area is 168 Å². The first-order chi connectivity index (χ1) is 13.6. The zero-order valence-electron chi connectivity index (χ0n) is 17.2. The van der Waals surface area contributed by atoms with Crippen molar-refractivity contribution in [2.24, 2.45) is 0 Å². The summed E-state index contributed by atoms with van der Waals surface area (Å²) >= 11 is 0. The SMILES string of the molecule is CCCCn1c2c(cc(C(=O)N[C@H](C)c3ccccc3)c1=O)CCCCCC2. The van der Waals surface area contributed by atoms with Crippen LogP contribution in [0.3, 0.4) is 0 Å². The van der Waals surface area contributed by atoms with Gasteiger partial charge in [0.15, 0.2) is 0 Å². The fourth-order valence-electron chi connectivity index (χ4n) is 4.05. The average Bonchev–Trinajstić information content (AvgIpc) is 2.68. The van der Waals surface area contributed by atoms with Gasteiger partial charge in [0, 0.05) is 12.2 Å². The molecule has 0 saturated carbocycles. The second-order valence-corrected chi connectivity index (χ2v) is 7.86. The summed E-state index contributed by atoms with van der Waals surface area (Å²) in [6.07, 6.45) is 8.57. The van der Waals surface area contributed by atoms with E-state index in [1.807, 2.05) is 47.9 Å². The molecule has 1 N–H and O–H groups in total. The van der Waals surface area contributed by atoms with Gasteiger partial charge in [-0.25, -0.2) is 0 Å². The van der Waals surface area contributed by atoms with E-state index in [4.69, 9.17) is 0 Å². The highest BCUT2D eigenvalue weighted by atomic mass is 16.2. The summed E-state index contributed by atoms with van der Waals surface area (Å²) < 4.78 is 1.90. The van der Waals surface area contributed by atoms with Crippen molar-refractivity contribution in [3.05, 3.63) is 69.1 Å². The Morgan fingerprint density at radius 2 is 1.82 bits per heavy atom. The quantitative estimate of drug-likeness (QED) is 0.783. The zero-order valence-corrected chi connectivity index (χ0v) is 17.2. The molecule has 28 heavy (non-hydrogen) atoms. The van der Waals surface area contributed by atoms with Crippen LogP contribution < -0.4 is 10.9 Å². The van der Waals surface area contributed by atoms with Crippen LogP contribution in [0, 0.1) is 0 Å². The van der Waals surface area contributed by atoms with E-state index >= 15 is 0 Å². The lowest BCUT2D eigenvalue weighted by Gasteiger charge is -2.21. The first kappa shape index (κ1) is 20.4. The molecular formula is C24H32N2O2. The Morgan fingerprint density at radius 3 is 2.54 bits per heavy atom. The number of rotatable bonds is 6. The van der Waals surface area contributed by atoms with Gasteiger partial charge >= 0.3 is 0 Å². The fraction of sp³-hybridized carbons (Fsp3) is 0.500. The highest BCUT2D eigenvalue weighted by molar-refractivity contribution is 5.94. The van der Waals surface area contributed by atoms with E-state index in [0.29, 0.717) is 12.1 Å². The molecule has 2 aromatic rings. The molecule has 1 aromatic carbocycles. The van der Waals surface area contributed by atoms with E-state index in [1.54, 1.807) is 0 Å². The number of hydrogen-bond donors (Lipinski definition) is 1. The molecule has 4 heteroatoms. The summed E-state index contributed by atoms with van der Waals surface area (Å²) in [4.78, 5) is 26.2. The molecular weight excluding hydrogens is 348 g/mol. The second kappa shape index (κ2) is 9.72. The Hall–Kier alpha value is -2.36. The molecule has 0 fully saturated rings. The molecule has 1 atom stereocenters. The number of aryl methyl sites for hydroxylation is 1. The lowest BCUT2D eigenvalue weighted by molar-refractivity contribution is 0.0937. The molecule has 1 amide bonds. The number of unbranched alkanes of at least 4 members (excludes halogenated alkanes) is 1. The minimum Gasteiger partial charge on any atom is -0.345 e. The number of pyridine rings is 1. The first-order valence-electron chi connectivity index (χ1n) is 10.7. The van der Waals surface area contributed by atoms with Crippen molar-refractivity contribution < 1.29 is 4.79 Å². The first-order valence-corrected chi connectivity index (χ1v) is 10.7. The third-order valence-corrected chi connectivity index (χ3v) is 5.73. The molecule has 3 rings (SSSR count). The summed E-state index contributed by atoms with van der Waals surface area (Å²) in [5.74, 6) is -0.267. The summed E-state index contributed by atoms with van der Waals surface area (Å²) in [7, 11) is 0. The van der Waals surface area contributed by atoms with Gasteiger partial charge in [-0.15, -0.1) is 0 Å². The third-order valence-electron chi connectivity index (χ3n) is 5.73. The summed E-state index contributed by atoms with van der Waals surface area (Å²) in [6.45, 7) is 4.79. The minimum atomic E-state index is -0.267. The summed E-state index contributed by atoms with van der Waals surface area (Å²) in [5.41, 5.74) is 3.54. The number of amides is 1. The number of hydrogen-bond acceptors (Lipinski definition) is 2. The van der Waals surface area contributed by atoms with Crippen LogP contribution in [-0.4, -0.2) is 10.5 Å². The molecule has 4 nitrogen and oxygen atoms in total. The van der Waals surface area contributed by atoms with E-state index in [2.05, 4.69) is 12.2 Å². The van der Waals surface area contributed by atoms with Crippen LogP contribution in [0.1, 0.15) is 85.6 Å². The number of benzene rings is 1. The van der Waals surface area contributed by atoms with Gasteiger partial charge in [-0.1, -0.05) is 56.5 Å². The van der Waals surface area contributed by atoms with Crippen LogP contribution >= 0.6 is 0 Å². The van der Waals surface area contributed by atoms with Crippen molar-refractivity contribution in [3.63, 3.8) is 0 Å². The van der Waals surface area contributed by atoms with E-state index in [-0.39, 0.29) is 17.5 Å². The Balaban J connectivity index is 1.94. The lowest BCUT2D eigenvalue weighted by atomic mass is 9.95. The molecule has 0 spiro atoms. The van der Waals surface area contributed by atoms with Gasteiger partial charge in [-0.2, -0.15) is 0 Å². The molecule has 0 unspecified atom stereocenters.